The first-order valence-corrected chi connectivity index (χ1v) is 4.49. The van der Waals surface area contributed by atoms with E-state index in [0.29, 0.717) is 5.56 Å². The molecular formula is C11H12FNO. The number of aromatic nitrogens is 1. The van der Waals surface area contributed by atoms with Crippen molar-refractivity contribution in [3.63, 3.8) is 0 Å². The number of halogens is 1. The molecule has 1 N–H and O–H groups in total. The first kappa shape index (κ1) is 9.21. The van der Waals surface area contributed by atoms with Gasteiger partial charge < -0.3 is 9.67 Å². The highest BCUT2D eigenvalue weighted by Crippen LogP contribution is 2.22. The second kappa shape index (κ2) is 3.10. The average Bonchev–Trinajstić information content (AvgIpc) is 2.41. The lowest BCUT2D eigenvalue weighted by Gasteiger charge is -2.02. The maximum Gasteiger partial charge on any atom is 0.129 e. The van der Waals surface area contributed by atoms with Crippen molar-refractivity contribution < 1.29 is 9.50 Å². The second-order valence-electron chi connectivity index (χ2n) is 3.51. The van der Waals surface area contributed by atoms with Crippen LogP contribution in [0.25, 0.3) is 10.9 Å². The monoisotopic (exact) mass is 193 g/mol. The molecule has 2 rings (SSSR count). The van der Waals surface area contributed by atoms with Crippen molar-refractivity contribution in [1.82, 2.24) is 4.57 Å². The molecule has 0 atom stereocenters. The predicted molar refractivity (Wildman–Crippen MR) is 53.5 cm³/mol. The van der Waals surface area contributed by atoms with E-state index in [4.69, 9.17) is 5.11 Å². The van der Waals surface area contributed by atoms with Crippen LogP contribution in [0.4, 0.5) is 4.39 Å². The van der Waals surface area contributed by atoms with Crippen LogP contribution in [0, 0.1) is 12.7 Å². The number of aliphatic hydroxyl groups is 1. The van der Waals surface area contributed by atoms with Gasteiger partial charge in [0.15, 0.2) is 0 Å². The number of nitrogens with zero attached hydrogens (tertiary/aromatic N) is 1. The Morgan fingerprint density at radius 2 is 2.07 bits per heavy atom. The van der Waals surface area contributed by atoms with E-state index in [1.54, 1.807) is 6.07 Å². The van der Waals surface area contributed by atoms with Crippen molar-refractivity contribution in [3.8, 4) is 0 Å². The molecule has 0 fully saturated rings. The number of aliphatic hydroxyl groups excluding tert-OH is 1. The van der Waals surface area contributed by atoms with E-state index in [9.17, 15) is 4.39 Å². The van der Waals surface area contributed by atoms with Crippen molar-refractivity contribution in [2.45, 2.75) is 13.5 Å². The predicted octanol–water partition coefficient (Wildman–Crippen LogP) is 2.12. The van der Waals surface area contributed by atoms with Gasteiger partial charge in [-0.15, -0.1) is 0 Å². The Morgan fingerprint density at radius 3 is 2.71 bits per heavy atom. The third-order valence-electron chi connectivity index (χ3n) is 2.62. The van der Waals surface area contributed by atoms with Crippen molar-refractivity contribution in [1.29, 1.82) is 0 Å². The highest BCUT2D eigenvalue weighted by atomic mass is 19.1. The van der Waals surface area contributed by atoms with Gasteiger partial charge in [0.2, 0.25) is 0 Å². The van der Waals surface area contributed by atoms with E-state index < -0.39 is 0 Å². The Labute approximate surface area is 81.6 Å². The summed E-state index contributed by atoms with van der Waals surface area (Å²) in [6, 6.07) is 5.09. The van der Waals surface area contributed by atoms with Crippen molar-refractivity contribution >= 4 is 10.9 Å². The summed E-state index contributed by atoms with van der Waals surface area (Å²) in [5.41, 5.74) is 2.38. The van der Waals surface area contributed by atoms with Gasteiger partial charge >= 0.3 is 0 Å². The van der Waals surface area contributed by atoms with Gasteiger partial charge in [0.1, 0.15) is 5.82 Å². The SMILES string of the molecule is Cc1cc2cc(F)c(CO)cc2n1C. The minimum Gasteiger partial charge on any atom is -0.392 e. The molecule has 0 spiro atoms. The Kier molecular flexibility index (Phi) is 2.04. The molecule has 0 aliphatic heterocycles. The zero-order valence-corrected chi connectivity index (χ0v) is 8.21. The smallest absolute Gasteiger partial charge is 0.129 e. The highest BCUT2D eigenvalue weighted by Gasteiger charge is 2.07. The summed E-state index contributed by atoms with van der Waals surface area (Å²) in [5.74, 6) is -0.342. The van der Waals surface area contributed by atoms with Crippen LogP contribution < -0.4 is 0 Å². The quantitative estimate of drug-likeness (QED) is 0.737. The molecule has 14 heavy (non-hydrogen) atoms. The summed E-state index contributed by atoms with van der Waals surface area (Å²) in [5, 5.41) is 9.80. The zero-order valence-electron chi connectivity index (χ0n) is 8.21. The number of fused-ring (bicyclic) bond motifs is 1. The van der Waals surface area contributed by atoms with E-state index in [1.807, 2.05) is 24.6 Å². The van der Waals surface area contributed by atoms with E-state index in [2.05, 4.69) is 0 Å². The Hall–Kier alpha value is -1.35. The van der Waals surface area contributed by atoms with Gasteiger partial charge in [0, 0.05) is 29.2 Å². The second-order valence-corrected chi connectivity index (χ2v) is 3.51. The van der Waals surface area contributed by atoms with Crippen LogP contribution in [0.2, 0.25) is 0 Å². The molecule has 1 aromatic heterocycles. The third-order valence-corrected chi connectivity index (χ3v) is 2.62. The van der Waals surface area contributed by atoms with Gasteiger partial charge in [-0.05, 0) is 25.1 Å². The Bertz CT molecular complexity index is 487. The molecule has 0 aliphatic rings. The lowest BCUT2D eigenvalue weighted by atomic mass is 10.1. The first-order chi connectivity index (χ1) is 6.63. The number of aryl methyl sites for hydroxylation is 2. The molecule has 0 amide bonds. The molecule has 0 aliphatic carbocycles. The molecule has 0 radical (unpaired) electrons. The number of rotatable bonds is 1. The molecule has 0 unspecified atom stereocenters. The summed E-state index contributed by atoms with van der Waals surface area (Å²) in [6.07, 6.45) is 0. The maximum absolute atomic E-state index is 13.3. The van der Waals surface area contributed by atoms with Crippen LogP contribution in [-0.2, 0) is 13.7 Å². The summed E-state index contributed by atoms with van der Waals surface area (Å²) in [7, 11) is 1.93. The Morgan fingerprint density at radius 1 is 1.36 bits per heavy atom. The number of hydrogen-bond donors (Lipinski definition) is 1. The third kappa shape index (κ3) is 1.21. The largest absolute Gasteiger partial charge is 0.392 e. The summed E-state index contributed by atoms with van der Waals surface area (Å²) in [4.78, 5) is 0. The van der Waals surface area contributed by atoms with Gasteiger partial charge in [-0.3, -0.25) is 0 Å². The van der Waals surface area contributed by atoms with Crippen LogP contribution in [0.15, 0.2) is 18.2 Å². The minimum atomic E-state index is -0.342. The summed E-state index contributed by atoms with van der Waals surface area (Å²) < 4.78 is 15.3. The van der Waals surface area contributed by atoms with Crippen LogP contribution in [-0.4, -0.2) is 9.67 Å². The minimum absolute atomic E-state index is 0.258. The van der Waals surface area contributed by atoms with Crippen LogP contribution >= 0.6 is 0 Å². The fourth-order valence-corrected chi connectivity index (χ4v) is 1.66. The number of benzene rings is 1. The van der Waals surface area contributed by atoms with Gasteiger partial charge in [-0.25, -0.2) is 4.39 Å². The number of hydrogen-bond acceptors (Lipinski definition) is 1. The maximum atomic E-state index is 13.3. The molecule has 74 valence electrons. The van der Waals surface area contributed by atoms with Crippen LogP contribution in [0.1, 0.15) is 11.3 Å². The molecule has 2 aromatic rings. The van der Waals surface area contributed by atoms with Gasteiger partial charge in [0.25, 0.3) is 0 Å². The summed E-state index contributed by atoms with van der Waals surface area (Å²) >= 11 is 0. The van der Waals surface area contributed by atoms with Crippen molar-refractivity contribution in [3.05, 3.63) is 35.3 Å². The summed E-state index contributed by atoms with van der Waals surface area (Å²) in [6.45, 7) is 1.71. The standard InChI is InChI=1S/C11H12FNO/c1-7-3-8-4-10(12)9(6-14)5-11(8)13(7)2/h3-5,14H,6H2,1-2H3. The van der Waals surface area contributed by atoms with E-state index in [-0.39, 0.29) is 12.4 Å². The van der Waals surface area contributed by atoms with Gasteiger partial charge in [-0.1, -0.05) is 0 Å². The molecule has 1 heterocycles. The normalized spacial score (nSPS) is 11.1. The fraction of sp³-hybridized carbons (Fsp3) is 0.273. The van der Waals surface area contributed by atoms with Crippen LogP contribution in [0.5, 0.6) is 0 Å². The molecule has 0 bridgehead atoms. The topological polar surface area (TPSA) is 25.2 Å². The van der Waals surface area contributed by atoms with Crippen molar-refractivity contribution in [2.24, 2.45) is 7.05 Å². The fourth-order valence-electron chi connectivity index (χ4n) is 1.66. The zero-order chi connectivity index (χ0) is 10.3. The molecule has 1 aromatic carbocycles. The highest BCUT2D eigenvalue weighted by molar-refractivity contribution is 5.82. The molecule has 0 saturated heterocycles. The molecular weight excluding hydrogens is 181 g/mol. The van der Waals surface area contributed by atoms with Crippen LogP contribution in [0.3, 0.4) is 0 Å². The molecule has 3 heteroatoms. The van der Waals surface area contributed by atoms with E-state index >= 15 is 0 Å². The first-order valence-electron chi connectivity index (χ1n) is 4.49. The van der Waals surface area contributed by atoms with Crippen molar-refractivity contribution in [2.75, 3.05) is 0 Å². The molecule has 0 saturated carbocycles. The van der Waals surface area contributed by atoms with E-state index in [1.165, 1.54) is 6.07 Å². The lowest BCUT2D eigenvalue weighted by molar-refractivity contribution is 0.276. The van der Waals surface area contributed by atoms with Gasteiger partial charge in [0.05, 0.1) is 6.61 Å². The Balaban J connectivity index is 2.80. The van der Waals surface area contributed by atoms with E-state index in [0.717, 1.165) is 16.6 Å². The molecule has 2 nitrogen and oxygen atoms in total. The van der Waals surface area contributed by atoms with Gasteiger partial charge in [-0.2, -0.15) is 0 Å². The lowest BCUT2D eigenvalue weighted by Crippen LogP contribution is -1.93. The average molecular weight is 193 g/mol.